The molecule has 0 radical (unpaired) electrons. The van der Waals surface area contributed by atoms with E-state index in [1.165, 1.54) is 86.6 Å². The third kappa shape index (κ3) is 6.19. The Hall–Kier alpha value is -4.64. The largest absolute Gasteiger partial charge is 0.478 e. The molecule has 3 aromatic carbocycles. The standard InChI is InChI=1S/C27H21F2N3O5S/c1-27(2,32-22(33)16-4-3-5-17(14-16)23(34)35)25(36)31-26-30-21(15-6-8-18(28)9-7-15)24(38-26)37-20-12-10-19(29)11-13-20/h3-14H,1-2H3,(H,32,33)(H,34,35)(H,30,31,36). The maximum Gasteiger partial charge on any atom is 0.335 e. The molecule has 0 bridgehead atoms. The van der Waals surface area contributed by atoms with Gasteiger partial charge in [-0.1, -0.05) is 17.4 Å². The van der Waals surface area contributed by atoms with E-state index in [0.29, 0.717) is 17.0 Å². The summed E-state index contributed by atoms with van der Waals surface area (Å²) in [5.74, 6) is -2.98. The van der Waals surface area contributed by atoms with Crippen LogP contribution in [0.2, 0.25) is 0 Å². The maximum absolute atomic E-state index is 13.5. The summed E-state index contributed by atoms with van der Waals surface area (Å²) < 4.78 is 32.7. The van der Waals surface area contributed by atoms with Gasteiger partial charge in [-0.2, -0.15) is 0 Å². The van der Waals surface area contributed by atoms with Crippen molar-refractivity contribution in [3.05, 3.63) is 95.6 Å². The predicted molar refractivity (Wildman–Crippen MR) is 138 cm³/mol. The lowest BCUT2D eigenvalue weighted by atomic mass is 10.0. The van der Waals surface area contributed by atoms with E-state index in [1.54, 1.807) is 0 Å². The highest BCUT2D eigenvalue weighted by Crippen LogP contribution is 2.40. The van der Waals surface area contributed by atoms with Crippen molar-refractivity contribution in [3.63, 3.8) is 0 Å². The minimum atomic E-state index is -1.42. The summed E-state index contributed by atoms with van der Waals surface area (Å²) in [5, 5.41) is 14.8. The highest BCUT2D eigenvalue weighted by molar-refractivity contribution is 7.18. The fraction of sp³-hybridized carbons (Fsp3) is 0.111. The van der Waals surface area contributed by atoms with E-state index in [-0.39, 0.29) is 21.3 Å². The Morgan fingerprint density at radius 3 is 2.16 bits per heavy atom. The number of hydrogen-bond acceptors (Lipinski definition) is 6. The molecule has 11 heteroatoms. The Bertz CT molecular complexity index is 1500. The van der Waals surface area contributed by atoms with E-state index in [9.17, 15) is 23.2 Å². The normalized spacial score (nSPS) is 11.1. The number of carbonyl (C=O) groups excluding carboxylic acids is 2. The van der Waals surface area contributed by atoms with Gasteiger partial charge in [-0.25, -0.2) is 18.6 Å². The molecule has 0 saturated carbocycles. The molecule has 2 amide bonds. The van der Waals surface area contributed by atoms with Crippen molar-refractivity contribution in [2.24, 2.45) is 0 Å². The molecule has 3 N–H and O–H groups in total. The SMILES string of the molecule is CC(C)(NC(=O)c1cccc(C(=O)O)c1)C(=O)Nc1nc(-c2ccc(F)cc2)c(Oc2ccc(F)cc2)s1. The van der Waals surface area contributed by atoms with E-state index in [4.69, 9.17) is 9.84 Å². The first-order chi connectivity index (χ1) is 18.0. The number of anilines is 1. The van der Waals surface area contributed by atoms with Crippen LogP contribution in [0.3, 0.4) is 0 Å². The molecule has 0 fully saturated rings. The second kappa shape index (κ2) is 10.8. The Morgan fingerprint density at radius 2 is 1.53 bits per heavy atom. The second-order valence-corrected chi connectivity index (χ2v) is 9.60. The van der Waals surface area contributed by atoms with Gasteiger partial charge in [0.1, 0.15) is 28.6 Å². The summed E-state index contributed by atoms with van der Waals surface area (Å²) in [6.45, 7) is 2.96. The van der Waals surface area contributed by atoms with Crippen LogP contribution in [0, 0.1) is 11.6 Å². The number of rotatable bonds is 8. The third-order valence-corrected chi connectivity index (χ3v) is 6.17. The number of aromatic nitrogens is 1. The molecule has 1 aromatic heterocycles. The lowest BCUT2D eigenvalue weighted by Gasteiger charge is -2.24. The molecule has 0 spiro atoms. The molecule has 0 unspecified atom stereocenters. The van der Waals surface area contributed by atoms with Gasteiger partial charge in [0.25, 0.3) is 11.8 Å². The number of amides is 2. The molecule has 8 nitrogen and oxygen atoms in total. The van der Waals surface area contributed by atoms with Crippen molar-refractivity contribution in [3.8, 4) is 22.1 Å². The molecule has 194 valence electrons. The van der Waals surface area contributed by atoms with Gasteiger partial charge in [-0.05, 0) is 80.6 Å². The number of carbonyl (C=O) groups is 3. The van der Waals surface area contributed by atoms with Crippen LogP contribution in [-0.4, -0.2) is 33.4 Å². The molecule has 4 rings (SSSR count). The van der Waals surface area contributed by atoms with E-state index in [2.05, 4.69) is 15.6 Å². The van der Waals surface area contributed by atoms with Gasteiger partial charge in [-0.3, -0.25) is 14.9 Å². The summed E-state index contributed by atoms with van der Waals surface area (Å²) in [6, 6.07) is 16.3. The Labute approximate surface area is 219 Å². The number of aromatic carboxylic acids is 1. The number of nitrogens with zero attached hydrogens (tertiary/aromatic N) is 1. The quantitative estimate of drug-likeness (QED) is 0.264. The second-order valence-electron chi connectivity index (χ2n) is 8.64. The summed E-state index contributed by atoms with van der Waals surface area (Å²) in [6.07, 6.45) is 0. The monoisotopic (exact) mass is 537 g/mol. The Morgan fingerprint density at radius 1 is 0.921 bits per heavy atom. The van der Waals surface area contributed by atoms with Crippen LogP contribution < -0.4 is 15.4 Å². The van der Waals surface area contributed by atoms with Gasteiger partial charge in [0, 0.05) is 11.1 Å². The number of carboxylic acid groups (broad SMARTS) is 1. The average Bonchev–Trinajstić information content (AvgIpc) is 3.27. The zero-order chi connectivity index (χ0) is 27.4. The number of carboxylic acids is 1. The predicted octanol–water partition coefficient (Wildman–Crippen LogP) is 5.73. The van der Waals surface area contributed by atoms with Crippen molar-refractivity contribution < 1.29 is 33.0 Å². The molecule has 0 atom stereocenters. The van der Waals surface area contributed by atoms with Crippen molar-refractivity contribution in [2.45, 2.75) is 19.4 Å². The Kier molecular flexibility index (Phi) is 7.49. The lowest BCUT2D eigenvalue weighted by Crippen LogP contribution is -2.52. The first-order valence-corrected chi connectivity index (χ1v) is 12.0. The smallest absolute Gasteiger partial charge is 0.335 e. The molecule has 38 heavy (non-hydrogen) atoms. The van der Waals surface area contributed by atoms with Crippen LogP contribution in [0.1, 0.15) is 34.6 Å². The molecular formula is C27H21F2N3O5S. The molecule has 0 aliphatic carbocycles. The summed E-state index contributed by atoms with van der Waals surface area (Å²) in [4.78, 5) is 41.4. The molecular weight excluding hydrogens is 516 g/mol. The number of benzene rings is 3. The van der Waals surface area contributed by atoms with Crippen LogP contribution in [0.25, 0.3) is 11.3 Å². The molecule has 0 saturated heterocycles. The fourth-order valence-electron chi connectivity index (χ4n) is 3.29. The number of halogens is 2. The van der Waals surface area contributed by atoms with Crippen LogP contribution in [0.15, 0.2) is 72.8 Å². The van der Waals surface area contributed by atoms with Crippen LogP contribution in [0.5, 0.6) is 10.8 Å². The van der Waals surface area contributed by atoms with Crippen molar-refractivity contribution in [1.82, 2.24) is 10.3 Å². The first-order valence-electron chi connectivity index (χ1n) is 11.2. The van der Waals surface area contributed by atoms with E-state index >= 15 is 0 Å². The average molecular weight is 538 g/mol. The van der Waals surface area contributed by atoms with Gasteiger partial charge in [0.2, 0.25) is 5.06 Å². The van der Waals surface area contributed by atoms with Crippen molar-refractivity contribution in [2.75, 3.05) is 5.32 Å². The lowest BCUT2D eigenvalue weighted by molar-refractivity contribution is -0.120. The highest BCUT2D eigenvalue weighted by atomic mass is 32.1. The summed E-state index contributed by atoms with van der Waals surface area (Å²) >= 11 is 0.992. The fourth-order valence-corrected chi connectivity index (χ4v) is 4.14. The van der Waals surface area contributed by atoms with Gasteiger partial charge in [0.05, 0.1) is 5.56 Å². The van der Waals surface area contributed by atoms with Crippen molar-refractivity contribution >= 4 is 34.3 Å². The van der Waals surface area contributed by atoms with Crippen LogP contribution in [-0.2, 0) is 4.79 Å². The van der Waals surface area contributed by atoms with E-state index < -0.39 is 35.0 Å². The zero-order valence-electron chi connectivity index (χ0n) is 20.1. The van der Waals surface area contributed by atoms with Gasteiger partial charge in [0.15, 0.2) is 5.13 Å². The number of ether oxygens (including phenoxy) is 1. The molecule has 0 aliphatic heterocycles. The van der Waals surface area contributed by atoms with E-state index in [0.717, 1.165) is 11.3 Å². The van der Waals surface area contributed by atoms with Gasteiger partial charge >= 0.3 is 5.97 Å². The number of nitrogens with one attached hydrogen (secondary N) is 2. The summed E-state index contributed by atoms with van der Waals surface area (Å²) in [7, 11) is 0. The number of thiazole rings is 1. The topological polar surface area (TPSA) is 118 Å². The van der Waals surface area contributed by atoms with Crippen LogP contribution >= 0.6 is 11.3 Å². The molecule has 4 aromatic rings. The Balaban J connectivity index is 1.56. The molecule has 1 heterocycles. The third-order valence-electron chi connectivity index (χ3n) is 5.32. The number of hydrogen-bond donors (Lipinski definition) is 3. The minimum absolute atomic E-state index is 0.0651. The van der Waals surface area contributed by atoms with Gasteiger partial charge in [-0.15, -0.1) is 0 Å². The molecule has 0 aliphatic rings. The maximum atomic E-state index is 13.5. The van der Waals surface area contributed by atoms with E-state index in [1.807, 2.05) is 0 Å². The first kappa shape index (κ1) is 26.4. The van der Waals surface area contributed by atoms with Gasteiger partial charge < -0.3 is 15.2 Å². The summed E-state index contributed by atoms with van der Waals surface area (Å²) in [5.41, 5.74) is -0.567. The highest BCUT2D eigenvalue weighted by Gasteiger charge is 2.31. The van der Waals surface area contributed by atoms with Crippen molar-refractivity contribution in [1.29, 1.82) is 0 Å². The zero-order valence-corrected chi connectivity index (χ0v) is 20.9. The van der Waals surface area contributed by atoms with Crippen LogP contribution in [0.4, 0.5) is 13.9 Å². The minimum Gasteiger partial charge on any atom is -0.478 e.